The van der Waals surface area contributed by atoms with E-state index in [1.54, 1.807) is 26.4 Å². The highest BCUT2D eigenvalue weighted by molar-refractivity contribution is 8.13. The lowest BCUT2D eigenvalue weighted by Gasteiger charge is -2.16. The molecule has 0 radical (unpaired) electrons. The molecule has 0 saturated carbocycles. The van der Waals surface area contributed by atoms with E-state index in [-0.39, 0.29) is 23.4 Å². The van der Waals surface area contributed by atoms with Crippen molar-refractivity contribution in [2.75, 3.05) is 28.3 Å². The van der Waals surface area contributed by atoms with Crippen LogP contribution in [0, 0.1) is 5.82 Å². The number of carbonyl (C=O) groups is 2. The number of fused-ring (bicyclic) bond motifs is 1. The standard InChI is InChI=1S/C30H30FN3O4S/c1-18-23(12-19-13-26(37-4)29(27(14-19)38-5)39-30(36)34(2)3)22-10-9-20(31)15-25(22)24(18)16-28(35)33-17-21-8-6-7-11-32-21/h6-15H,16-17H2,1-5H3,(H,33,35). The van der Waals surface area contributed by atoms with Crippen molar-refractivity contribution in [2.24, 2.45) is 0 Å². The SMILES string of the molecule is COc1cc(C=C2C(C)=C(CC(=O)NCc3ccccn3)c3cc(F)ccc32)cc(OC)c1SC(=O)N(C)C. The van der Waals surface area contributed by atoms with Crippen LogP contribution in [0.25, 0.3) is 17.2 Å². The molecular formula is C30H30FN3O4S. The number of thioether (sulfide) groups is 1. The molecule has 9 heteroatoms. The van der Waals surface area contributed by atoms with Crippen LogP contribution < -0.4 is 14.8 Å². The van der Waals surface area contributed by atoms with Gasteiger partial charge < -0.3 is 19.7 Å². The van der Waals surface area contributed by atoms with Crippen LogP contribution in [0.4, 0.5) is 9.18 Å². The van der Waals surface area contributed by atoms with Crippen LogP contribution in [0.2, 0.25) is 0 Å². The van der Waals surface area contributed by atoms with Gasteiger partial charge in [0.2, 0.25) is 5.91 Å². The summed E-state index contributed by atoms with van der Waals surface area (Å²) in [4.78, 5) is 31.5. The van der Waals surface area contributed by atoms with Crippen LogP contribution >= 0.6 is 11.8 Å². The summed E-state index contributed by atoms with van der Waals surface area (Å²) < 4.78 is 25.5. The molecule has 0 fully saturated rings. The number of hydrogen-bond donors (Lipinski definition) is 1. The molecule has 0 unspecified atom stereocenters. The fraction of sp³-hybridized carbons (Fsp3) is 0.233. The average Bonchev–Trinajstić information content (AvgIpc) is 3.17. The molecule has 202 valence electrons. The van der Waals surface area contributed by atoms with Gasteiger partial charge in [-0.2, -0.15) is 0 Å². The normalized spacial score (nSPS) is 13.3. The van der Waals surface area contributed by atoms with E-state index in [2.05, 4.69) is 10.3 Å². The van der Waals surface area contributed by atoms with E-state index in [0.29, 0.717) is 28.5 Å². The summed E-state index contributed by atoms with van der Waals surface area (Å²) in [5, 5.41) is 2.74. The van der Waals surface area contributed by atoms with Crippen LogP contribution in [0.5, 0.6) is 11.5 Å². The number of nitrogens with zero attached hydrogens (tertiary/aromatic N) is 2. The summed E-state index contributed by atoms with van der Waals surface area (Å²) in [5.74, 6) is 0.440. The van der Waals surface area contributed by atoms with E-state index in [9.17, 15) is 14.0 Å². The molecule has 1 aliphatic carbocycles. The number of hydrogen-bond acceptors (Lipinski definition) is 6. The van der Waals surface area contributed by atoms with Crippen molar-refractivity contribution in [3.8, 4) is 11.5 Å². The minimum absolute atomic E-state index is 0.0985. The second kappa shape index (κ2) is 12.2. The Balaban J connectivity index is 1.69. The van der Waals surface area contributed by atoms with E-state index in [0.717, 1.165) is 45.3 Å². The number of aromatic nitrogens is 1. The van der Waals surface area contributed by atoms with Gasteiger partial charge in [-0.15, -0.1) is 0 Å². The van der Waals surface area contributed by atoms with Crippen molar-refractivity contribution in [2.45, 2.75) is 24.8 Å². The van der Waals surface area contributed by atoms with Crippen LogP contribution in [-0.2, 0) is 11.3 Å². The predicted octanol–water partition coefficient (Wildman–Crippen LogP) is 6.05. The molecule has 0 bridgehead atoms. The van der Waals surface area contributed by atoms with Gasteiger partial charge in [0, 0.05) is 20.3 Å². The van der Waals surface area contributed by atoms with Gasteiger partial charge in [-0.25, -0.2) is 4.39 Å². The van der Waals surface area contributed by atoms with Crippen molar-refractivity contribution in [1.82, 2.24) is 15.2 Å². The molecule has 0 saturated heterocycles. The van der Waals surface area contributed by atoms with Crippen molar-refractivity contribution in [3.63, 3.8) is 0 Å². The van der Waals surface area contributed by atoms with Crippen LogP contribution in [0.15, 0.2) is 65.2 Å². The third-order valence-corrected chi connectivity index (χ3v) is 7.48. The first-order chi connectivity index (χ1) is 18.7. The van der Waals surface area contributed by atoms with Gasteiger partial charge in [-0.1, -0.05) is 12.1 Å². The van der Waals surface area contributed by atoms with Crippen molar-refractivity contribution >= 4 is 40.1 Å². The second-order valence-corrected chi connectivity index (χ2v) is 10.1. The second-order valence-electron chi connectivity index (χ2n) is 9.14. The van der Waals surface area contributed by atoms with Crippen LogP contribution in [-0.4, -0.2) is 49.3 Å². The molecule has 4 rings (SSSR count). The summed E-state index contributed by atoms with van der Waals surface area (Å²) >= 11 is 1.02. The van der Waals surface area contributed by atoms with E-state index in [1.807, 2.05) is 43.3 Å². The van der Waals surface area contributed by atoms with Gasteiger partial charge in [-0.3, -0.25) is 14.6 Å². The minimum atomic E-state index is -0.371. The zero-order valence-electron chi connectivity index (χ0n) is 22.5. The lowest BCUT2D eigenvalue weighted by molar-refractivity contribution is -0.120. The number of nitrogens with one attached hydrogen (secondary N) is 1. The number of benzene rings is 2. The minimum Gasteiger partial charge on any atom is -0.495 e. The molecule has 1 heterocycles. The number of rotatable bonds is 8. The van der Waals surface area contributed by atoms with Crippen LogP contribution in [0.1, 0.15) is 35.7 Å². The van der Waals surface area contributed by atoms with E-state index in [1.165, 1.54) is 31.3 Å². The fourth-order valence-corrected chi connectivity index (χ4v) is 5.17. The molecule has 2 amide bonds. The van der Waals surface area contributed by atoms with E-state index >= 15 is 0 Å². The van der Waals surface area contributed by atoms with Gasteiger partial charge in [0.15, 0.2) is 0 Å². The summed E-state index contributed by atoms with van der Waals surface area (Å²) in [5.41, 5.74) is 5.56. The highest BCUT2D eigenvalue weighted by atomic mass is 32.2. The molecule has 0 aliphatic heterocycles. The maximum absolute atomic E-state index is 14.3. The van der Waals surface area contributed by atoms with Gasteiger partial charge in [-0.05, 0) is 94.6 Å². The molecule has 7 nitrogen and oxygen atoms in total. The Morgan fingerprint density at radius 3 is 2.38 bits per heavy atom. The largest absolute Gasteiger partial charge is 0.495 e. The quantitative estimate of drug-likeness (QED) is 0.346. The molecule has 1 N–H and O–H groups in total. The predicted molar refractivity (Wildman–Crippen MR) is 152 cm³/mol. The van der Waals surface area contributed by atoms with Gasteiger partial charge in [0.1, 0.15) is 22.2 Å². The number of ether oxygens (including phenoxy) is 2. The van der Waals surface area contributed by atoms with E-state index < -0.39 is 0 Å². The van der Waals surface area contributed by atoms with Crippen LogP contribution in [0.3, 0.4) is 0 Å². The summed E-state index contributed by atoms with van der Waals surface area (Å²) in [7, 11) is 6.44. The number of methoxy groups -OCH3 is 2. The molecule has 1 aliphatic rings. The third-order valence-electron chi connectivity index (χ3n) is 6.33. The smallest absolute Gasteiger partial charge is 0.286 e. The molecule has 3 aromatic rings. The Labute approximate surface area is 231 Å². The zero-order chi connectivity index (χ0) is 28.1. The Bertz CT molecular complexity index is 1440. The Morgan fingerprint density at radius 2 is 1.77 bits per heavy atom. The highest BCUT2D eigenvalue weighted by Crippen LogP contribution is 2.45. The first kappa shape index (κ1) is 27.9. The lowest BCUT2D eigenvalue weighted by atomic mass is 10.0. The highest BCUT2D eigenvalue weighted by Gasteiger charge is 2.26. The molecular weight excluding hydrogens is 517 g/mol. The van der Waals surface area contributed by atoms with Crippen molar-refractivity contribution < 1.29 is 23.5 Å². The number of allylic oxidation sites excluding steroid dienone is 2. The Morgan fingerprint density at radius 1 is 1.05 bits per heavy atom. The number of amides is 2. The first-order valence-corrected chi connectivity index (χ1v) is 13.1. The third kappa shape index (κ3) is 6.31. The molecule has 0 spiro atoms. The maximum atomic E-state index is 14.3. The summed E-state index contributed by atoms with van der Waals surface area (Å²) in [6, 6.07) is 13.8. The number of carbonyl (C=O) groups excluding carboxylic acids is 2. The average molecular weight is 548 g/mol. The summed E-state index contributed by atoms with van der Waals surface area (Å²) in [6.45, 7) is 2.24. The Hall–Kier alpha value is -4.11. The molecule has 0 atom stereocenters. The van der Waals surface area contributed by atoms with Crippen molar-refractivity contribution in [3.05, 3.63) is 88.5 Å². The van der Waals surface area contributed by atoms with E-state index in [4.69, 9.17) is 9.47 Å². The maximum Gasteiger partial charge on any atom is 0.286 e. The van der Waals surface area contributed by atoms with Gasteiger partial charge in [0.25, 0.3) is 5.24 Å². The number of pyridine rings is 1. The first-order valence-electron chi connectivity index (χ1n) is 12.3. The van der Waals surface area contributed by atoms with Gasteiger partial charge >= 0.3 is 0 Å². The zero-order valence-corrected chi connectivity index (χ0v) is 23.3. The fourth-order valence-electron chi connectivity index (χ4n) is 4.33. The number of halogens is 1. The summed E-state index contributed by atoms with van der Waals surface area (Å²) in [6.07, 6.45) is 3.73. The van der Waals surface area contributed by atoms with Crippen molar-refractivity contribution in [1.29, 1.82) is 0 Å². The Kier molecular flexibility index (Phi) is 8.71. The molecule has 39 heavy (non-hydrogen) atoms. The van der Waals surface area contributed by atoms with Gasteiger partial charge in [0.05, 0.1) is 32.9 Å². The monoisotopic (exact) mass is 547 g/mol. The lowest BCUT2D eigenvalue weighted by Crippen LogP contribution is -2.23. The topological polar surface area (TPSA) is 80.8 Å². The molecule has 2 aromatic carbocycles. The molecule has 1 aromatic heterocycles.